The molecule has 0 amide bonds. The molecule has 0 aliphatic heterocycles. The number of rotatable bonds is 8. The van der Waals surface area contributed by atoms with Gasteiger partial charge < -0.3 is 15.5 Å². The Morgan fingerprint density at radius 1 is 1.06 bits per heavy atom. The third-order valence-corrected chi connectivity index (χ3v) is 6.10. The molecule has 0 aliphatic carbocycles. The van der Waals surface area contributed by atoms with E-state index in [1.54, 1.807) is 30.3 Å². The number of pyridine rings is 1. The molecule has 3 N–H and O–H groups in total. The van der Waals surface area contributed by atoms with E-state index in [0.29, 0.717) is 17.7 Å². The maximum absolute atomic E-state index is 14.1. The molecule has 0 spiro atoms. The maximum Gasteiger partial charge on any atom is 0.422 e. The number of anilines is 1. The number of aliphatic hydroxyl groups is 1. The van der Waals surface area contributed by atoms with E-state index in [0.717, 1.165) is 24.0 Å². The zero-order chi connectivity index (χ0) is 25.1. The molecule has 10 heteroatoms. The summed E-state index contributed by atoms with van der Waals surface area (Å²) in [7, 11) is 0. The topological polar surface area (TPSA) is 82.5 Å². The van der Waals surface area contributed by atoms with Gasteiger partial charge in [0.2, 0.25) is 0 Å². The normalized spacial score (nSPS) is 14.3. The Hall–Kier alpha value is -2.81. The predicted octanol–water partition coefficient (Wildman–Crippen LogP) is 6.18. The van der Waals surface area contributed by atoms with Crippen LogP contribution in [0.4, 0.5) is 18.9 Å². The number of halogens is 5. The van der Waals surface area contributed by atoms with E-state index in [-0.39, 0.29) is 22.2 Å². The van der Waals surface area contributed by atoms with Crippen LogP contribution in [0.25, 0.3) is 0 Å². The smallest absolute Gasteiger partial charge is 0.422 e. The van der Waals surface area contributed by atoms with Crippen LogP contribution < -0.4 is 5.32 Å². The number of alkyl halides is 3. The first-order valence-electron chi connectivity index (χ1n) is 10.2. The first-order valence-corrected chi connectivity index (χ1v) is 10.9. The van der Waals surface area contributed by atoms with Gasteiger partial charge in [-0.3, -0.25) is 4.79 Å². The van der Waals surface area contributed by atoms with Crippen molar-refractivity contribution < 1.29 is 28.2 Å². The zero-order valence-corrected chi connectivity index (χ0v) is 19.4. The number of nitrogens with one attached hydrogen (secondary N) is 1. The van der Waals surface area contributed by atoms with Gasteiger partial charge in [-0.05, 0) is 52.6 Å². The van der Waals surface area contributed by atoms with Crippen molar-refractivity contribution in [1.82, 2.24) is 4.98 Å². The minimum Gasteiger partial charge on any atom is -0.481 e. The summed E-state index contributed by atoms with van der Waals surface area (Å²) in [4.78, 5) is 14.5. The van der Waals surface area contributed by atoms with Crippen molar-refractivity contribution >= 4 is 34.9 Å². The molecule has 3 aromatic rings. The molecule has 0 bridgehead atoms. The van der Waals surface area contributed by atoms with Gasteiger partial charge in [-0.1, -0.05) is 54.4 Å². The van der Waals surface area contributed by atoms with Crippen molar-refractivity contribution in [2.24, 2.45) is 0 Å². The largest absolute Gasteiger partial charge is 0.481 e. The molecule has 2 aromatic carbocycles. The fraction of sp³-hybridized carbons (Fsp3) is 0.250. The van der Waals surface area contributed by atoms with Gasteiger partial charge in [0, 0.05) is 29.4 Å². The average molecular weight is 513 g/mol. The number of hydrogen-bond acceptors (Lipinski definition) is 4. The van der Waals surface area contributed by atoms with Crippen molar-refractivity contribution in [1.29, 1.82) is 0 Å². The van der Waals surface area contributed by atoms with E-state index in [9.17, 15) is 23.1 Å². The Morgan fingerprint density at radius 3 is 2.26 bits per heavy atom. The monoisotopic (exact) mass is 512 g/mol. The highest BCUT2D eigenvalue weighted by Crippen LogP contribution is 2.50. The van der Waals surface area contributed by atoms with Gasteiger partial charge in [0.05, 0.1) is 6.42 Å². The number of benzene rings is 2. The molecule has 2 atom stereocenters. The molecule has 180 valence electrons. The Labute approximate surface area is 204 Å². The number of nitrogens with zero attached hydrogens (tertiary/aromatic N) is 1. The molecule has 2 unspecified atom stereocenters. The highest BCUT2D eigenvalue weighted by Gasteiger charge is 2.59. The molecule has 0 fully saturated rings. The van der Waals surface area contributed by atoms with Gasteiger partial charge >= 0.3 is 12.1 Å². The Kier molecular flexibility index (Phi) is 7.75. The average Bonchev–Trinajstić information content (AvgIpc) is 2.76. The van der Waals surface area contributed by atoms with E-state index in [1.165, 1.54) is 19.1 Å². The standard InChI is InChI=1S/C24H21Cl2F3N2O3/c1-14(23(34,24(27,28)29)17-8-9-30-21(26)12-17)19-7-4-16(10-20(19)25)13-31-18-5-2-15(3-6-18)11-22(32)33/h2-10,12,14,31,34H,11,13H2,1H3,(H,32,33). The minimum atomic E-state index is -5.01. The fourth-order valence-electron chi connectivity index (χ4n) is 3.67. The Bertz CT molecular complexity index is 1170. The van der Waals surface area contributed by atoms with Gasteiger partial charge in [0.25, 0.3) is 0 Å². The van der Waals surface area contributed by atoms with E-state index in [2.05, 4.69) is 10.3 Å². The van der Waals surface area contributed by atoms with Crippen molar-refractivity contribution in [2.75, 3.05) is 5.32 Å². The van der Waals surface area contributed by atoms with Crippen molar-refractivity contribution in [3.8, 4) is 0 Å². The summed E-state index contributed by atoms with van der Waals surface area (Å²) in [5, 5.41) is 22.8. The number of aliphatic carboxylic acids is 1. The van der Waals surface area contributed by atoms with E-state index in [1.807, 2.05) is 0 Å². The first-order chi connectivity index (χ1) is 15.9. The number of hydrogen-bond donors (Lipinski definition) is 3. The number of aromatic nitrogens is 1. The molecule has 5 nitrogen and oxygen atoms in total. The van der Waals surface area contributed by atoms with Gasteiger partial charge in [0.1, 0.15) is 5.15 Å². The summed E-state index contributed by atoms with van der Waals surface area (Å²) in [6, 6.07) is 13.5. The lowest BCUT2D eigenvalue weighted by Crippen LogP contribution is -2.46. The molecule has 0 saturated heterocycles. The van der Waals surface area contributed by atoms with Crippen LogP contribution in [-0.4, -0.2) is 27.3 Å². The van der Waals surface area contributed by atoms with E-state index >= 15 is 0 Å². The highest BCUT2D eigenvalue weighted by atomic mass is 35.5. The van der Waals surface area contributed by atoms with E-state index in [4.69, 9.17) is 28.3 Å². The molecule has 0 aliphatic rings. The number of carboxylic acids is 1. The summed E-state index contributed by atoms with van der Waals surface area (Å²) in [6.07, 6.45) is -3.98. The summed E-state index contributed by atoms with van der Waals surface area (Å²) in [5.41, 5.74) is -1.44. The maximum atomic E-state index is 14.1. The molecule has 1 heterocycles. The molecule has 3 rings (SSSR count). The summed E-state index contributed by atoms with van der Waals surface area (Å²) in [5.74, 6) is -2.36. The second-order valence-electron chi connectivity index (χ2n) is 7.83. The van der Waals surface area contributed by atoms with Crippen LogP contribution in [0.5, 0.6) is 0 Å². The molecule has 0 radical (unpaired) electrons. The van der Waals surface area contributed by atoms with Crippen LogP contribution in [0.3, 0.4) is 0 Å². The molecular weight excluding hydrogens is 492 g/mol. The summed E-state index contributed by atoms with van der Waals surface area (Å²) in [6.45, 7) is 1.58. The molecule has 0 saturated carbocycles. The number of carbonyl (C=O) groups is 1. The third kappa shape index (κ3) is 5.63. The SMILES string of the molecule is CC(c1ccc(CNc2ccc(CC(=O)O)cc2)cc1Cl)C(O)(c1ccnc(Cl)c1)C(F)(F)F. The van der Waals surface area contributed by atoms with E-state index < -0.39 is 29.2 Å². The predicted molar refractivity (Wildman–Crippen MR) is 124 cm³/mol. The third-order valence-electron chi connectivity index (χ3n) is 5.56. The van der Waals surface area contributed by atoms with Gasteiger partial charge in [-0.2, -0.15) is 13.2 Å². The zero-order valence-electron chi connectivity index (χ0n) is 17.9. The Morgan fingerprint density at radius 2 is 1.71 bits per heavy atom. The van der Waals surface area contributed by atoms with Crippen LogP contribution in [0, 0.1) is 0 Å². The van der Waals surface area contributed by atoms with Gasteiger partial charge in [0.15, 0.2) is 5.60 Å². The van der Waals surface area contributed by atoms with Gasteiger partial charge in [-0.15, -0.1) is 0 Å². The van der Waals surface area contributed by atoms with Crippen molar-refractivity contribution in [3.63, 3.8) is 0 Å². The first kappa shape index (κ1) is 25.8. The van der Waals surface area contributed by atoms with Gasteiger partial charge in [-0.25, -0.2) is 4.98 Å². The molecular formula is C24H21Cl2F3N2O3. The van der Waals surface area contributed by atoms with Crippen LogP contribution >= 0.6 is 23.2 Å². The lowest BCUT2D eigenvalue weighted by molar-refractivity contribution is -0.274. The van der Waals surface area contributed by atoms with Crippen LogP contribution in [0.2, 0.25) is 10.2 Å². The van der Waals surface area contributed by atoms with Crippen molar-refractivity contribution in [3.05, 3.63) is 93.2 Å². The fourth-order valence-corrected chi connectivity index (χ4v) is 4.22. The highest BCUT2D eigenvalue weighted by molar-refractivity contribution is 6.31. The summed E-state index contributed by atoms with van der Waals surface area (Å²) < 4.78 is 42.2. The Balaban J connectivity index is 1.81. The minimum absolute atomic E-state index is 0.0754. The lowest BCUT2D eigenvalue weighted by atomic mass is 9.78. The van der Waals surface area contributed by atoms with Crippen molar-refractivity contribution in [2.45, 2.75) is 37.6 Å². The molecule has 34 heavy (non-hydrogen) atoms. The lowest BCUT2D eigenvalue weighted by Gasteiger charge is -2.37. The van der Waals surface area contributed by atoms with Crippen LogP contribution in [-0.2, 0) is 23.4 Å². The summed E-state index contributed by atoms with van der Waals surface area (Å²) >= 11 is 12.1. The molecule has 1 aromatic heterocycles. The number of carboxylic acid groups (broad SMARTS) is 1. The van der Waals surface area contributed by atoms with Crippen LogP contribution in [0.1, 0.15) is 35.1 Å². The second kappa shape index (κ2) is 10.2. The quantitative estimate of drug-likeness (QED) is 0.314. The second-order valence-corrected chi connectivity index (χ2v) is 8.62. The van der Waals surface area contributed by atoms with Crippen LogP contribution in [0.15, 0.2) is 60.8 Å².